The summed E-state index contributed by atoms with van der Waals surface area (Å²) in [5.74, 6) is -1.81. The van der Waals surface area contributed by atoms with Gasteiger partial charge < -0.3 is 24.7 Å². The first-order valence-corrected chi connectivity index (χ1v) is 14.1. The number of esters is 4. The number of carbonyl (C=O) groups excluding carboxylic acids is 4. The van der Waals surface area contributed by atoms with Crippen LogP contribution >= 0.6 is 0 Å². The first kappa shape index (κ1) is 35.1. The van der Waals surface area contributed by atoms with Crippen LogP contribution in [0.4, 0.5) is 0 Å². The van der Waals surface area contributed by atoms with Gasteiger partial charge in [0, 0.05) is 0 Å². The van der Waals surface area contributed by atoms with Crippen molar-refractivity contribution >= 4 is 23.9 Å². The summed E-state index contributed by atoms with van der Waals surface area (Å²) in [6, 6.07) is 3.68. The molecular weight excluding hydrogens is 514 g/mol. The third-order valence-corrected chi connectivity index (χ3v) is 7.74. The third kappa shape index (κ3) is 9.61. The molecule has 226 valence electrons. The molecule has 2 N–H and O–H groups in total. The Kier molecular flexibility index (Phi) is 12.4. The average Bonchev–Trinajstić information content (AvgIpc) is 2.89. The summed E-state index contributed by atoms with van der Waals surface area (Å²) in [7, 11) is 0. The van der Waals surface area contributed by atoms with Crippen LogP contribution in [0.3, 0.4) is 0 Å². The lowest BCUT2D eigenvalue weighted by Gasteiger charge is -2.27. The second-order valence-electron chi connectivity index (χ2n) is 12.3. The Morgan fingerprint density at radius 2 is 1.12 bits per heavy atom. The Labute approximate surface area is 239 Å². The van der Waals surface area contributed by atoms with Crippen LogP contribution in [-0.4, -0.2) is 42.1 Å². The molecule has 40 heavy (non-hydrogen) atoms. The fourth-order valence-corrected chi connectivity index (χ4v) is 2.88. The molecule has 0 saturated heterocycles. The van der Waals surface area contributed by atoms with E-state index in [-0.39, 0.29) is 23.9 Å². The second kappa shape index (κ2) is 14.1. The van der Waals surface area contributed by atoms with E-state index in [0.717, 1.165) is 0 Å². The molecule has 1 aromatic rings. The maximum absolute atomic E-state index is 12.8. The largest absolute Gasteiger partial charge is 0.458 e. The predicted molar refractivity (Wildman–Crippen MR) is 153 cm³/mol. The van der Waals surface area contributed by atoms with Gasteiger partial charge in [-0.15, -0.1) is 0 Å². The van der Waals surface area contributed by atoms with E-state index in [0.29, 0.717) is 24.8 Å². The van der Waals surface area contributed by atoms with Crippen LogP contribution in [0, 0.1) is 16.2 Å². The van der Waals surface area contributed by atoms with Crippen molar-refractivity contribution in [3.63, 3.8) is 0 Å². The van der Waals surface area contributed by atoms with Crippen LogP contribution in [-0.2, 0) is 35.1 Å². The molecule has 0 aliphatic heterocycles. The van der Waals surface area contributed by atoms with Crippen LogP contribution in [0.1, 0.15) is 101 Å². The molecule has 0 aromatic heterocycles. The molecule has 0 spiro atoms. The molecule has 0 saturated carbocycles. The summed E-state index contributed by atoms with van der Waals surface area (Å²) < 4.78 is 22.3. The Hall–Kier alpha value is -2.94. The summed E-state index contributed by atoms with van der Waals surface area (Å²) in [5, 5.41) is 0. The number of ether oxygens (including phenoxy) is 4. The van der Waals surface area contributed by atoms with Crippen molar-refractivity contribution in [2.75, 3.05) is 0 Å². The molecule has 0 aliphatic carbocycles. The van der Waals surface area contributed by atoms with Crippen molar-refractivity contribution in [1.82, 2.24) is 0 Å². The number of hydrogen-bond acceptors (Lipinski definition) is 9. The molecule has 1 unspecified atom stereocenters. The minimum Gasteiger partial charge on any atom is -0.458 e. The molecule has 1 aromatic carbocycles. The molecule has 9 nitrogen and oxygen atoms in total. The minimum absolute atomic E-state index is 0.0669. The summed E-state index contributed by atoms with van der Waals surface area (Å²) >= 11 is 0. The molecule has 9 heteroatoms. The molecule has 0 radical (unpaired) electrons. The molecule has 3 atom stereocenters. The fourth-order valence-electron chi connectivity index (χ4n) is 2.88. The van der Waals surface area contributed by atoms with E-state index < -0.39 is 52.4 Å². The number of hydrogen-bond donors (Lipinski definition) is 1. The maximum atomic E-state index is 12.8. The van der Waals surface area contributed by atoms with Gasteiger partial charge in [-0.1, -0.05) is 26.8 Å². The third-order valence-electron chi connectivity index (χ3n) is 7.74. The van der Waals surface area contributed by atoms with Gasteiger partial charge in [-0.05, 0) is 98.8 Å². The predicted octanol–water partition coefficient (Wildman–Crippen LogP) is 5.54. The molecular formula is C31H49NO8. The van der Waals surface area contributed by atoms with Gasteiger partial charge >= 0.3 is 23.9 Å². The van der Waals surface area contributed by atoms with Gasteiger partial charge in [0.2, 0.25) is 0 Å². The number of nitrogens with two attached hydrogens (primary N) is 1. The van der Waals surface area contributed by atoms with Crippen molar-refractivity contribution in [2.45, 2.75) is 120 Å². The molecule has 1 rings (SSSR count). The highest BCUT2D eigenvalue weighted by Crippen LogP contribution is 2.34. The van der Waals surface area contributed by atoms with E-state index in [2.05, 4.69) is 0 Å². The molecule has 0 bridgehead atoms. The first-order valence-electron chi connectivity index (χ1n) is 14.1. The zero-order valence-electron chi connectivity index (χ0n) is 26.1. The van der Waals surface area contributed by atoms with Crippen LogP contribution in [0.25, 0.3) is 0 Å². The molecule has 0 heterocycles. The van der Waals surface area contributed by atoms with Crippen molar-refractivity contribution in [2.24, 2.45) is 22.0 Å². The normalized spacial score (nSPS) is 14.5. The quantitative estimate of drug-likeness (QED) is 0.229. The zero-order chi connectivity index (χ0) is 31.1. The van der Waals surface area contributed by atoms with Gasteiger partial charge in [-0.25, -0.2) is 0 Å². The maximum Gasteiger partial charge on any atom is 0.323 e. The van der Waals surface area contributed by atoms with Crippen LogP contribution in [0.15, 0.2) is 18.2 Å². The van der Waals surface area contributed by atoms with E-state index >= 15 is 0 Å². The highest BCUT2D eigenvalue weighted by Gasteiger charge is 2.33. The standard InChI is InChI=1S/C31H49NO8/c1-12-29(6,7)26(34)38-20(5)19(4)37-25(33)22(32)17-21-15-16-23(39-27(35)30(8,9)13-2)24(18-21)40-28(36)31(10,11)14-3/h15-16,18-20,22H,12-14,17,32H2,1-11H3/t19-,20?,22-/m0/s1. The smallest absolute Gasteiger partial charge is 0.323 e. The van der Waals surface area contributed by atoms with Gasteiger partial charge in [0.15, 0.2) is 11.5 Å². The zero-order valence-corrected chi connectivity index (χ0v) is 26.1. The van der Waals surface area contributed by atoms with E-state index in [1.165, 1.54) is 6.07 Å². The Balaban J connectivity index is 3.08. The SMILES string of the molecule is CCC(C)(C)C(=O)Oc1ccc(C[C@H](N)C(=O)O[C@@H](C)C(C)OC(=O)C(C)(C)CC)cc1OC(=O)C(C)(C)CC. The van der Waals surface area contributed by atoms with E-state index in [1.807, 2.05) is 20.8 Å². The van der Waals surface area contributed by atoms with Gasteiger partial charge in [0.25, 0.3) is 0 Å². The average molecular weight is 564 g/mol. The van der Waals surface area contributed by atoms with Crippen molar-refractivity contribution in [3.05, 3.63) is 23.8 Å². The van der Waals surface area contributed by atoms with E-state index in [4.69, 9.17) is 24.7 Å². The Morgan fingerprint density at radius 3 is 1.60 bits per heavy atom. The Morgan fingerprint density at radius 1 is 0.700 bits per heavy atom. The summed E-state index contributed by atoms with van der Waals surface area (Å²) in [4.78, 5) is 50.7. The number of benzene rings is 1. The first-order chi connectivity index (χ1) is 18.3. The lowest BCUT2D eigenvalue weighted by atomic mass is 9.90. The van der Waals surface area contributed by atoms with Crippen LogP contribution < -0.4 is 15.2 Å². The summed E-state index contributed by atoms with van der Waals surface area (Å²) in [6.45, 7) is 19.6. The van der Waals surface area contributed by atoms with Crippen LogP contribution in [0.2, 0.25) is 0 Å². The topological polar surface area (TPSA) is 131 Å². The van der Waals surface area contributed by atoms with Gasteiger partial charge in [-0.2, -0.15) is 0 Å². The van der Waals surface area contributed by atoms with Gasteiger partial charge in [0.1, 0.15) is 18.2 Å². The second-order valence-corrected chi connectivity index (χ2v) is 12.3. The van der Waals surface area contributed by atoms with Gasteiger partial charge in [-0.3, -0.25) is 19.2 Å². The lowest BCUT2D eigenvalue weighted by Crippen LogP contribution is -2.40. The highest BCUT2D eigenvalue weighted by atomic mass is 16.6. The van der Waals surface area contributed by atoms with E-state index in [1.54, 1.807) is 67.5 Å². The lowest BCUT2D eigenvalue weighted by molar-refractivity contribution is -0.172. The molecule has 0 fully saturated rings. The molecule has 0 aliphatic rings. The molecule has 0 amide bonds. The van der Waals surface area contributed by atoms with Crippen molar-refractivity contribution < 1.29 is 38.1 Å². The van der Waals surface area contributed by atoms with Crippen LogP contribution in [0.5, 0.6) is 11.5 Å². The summed E-state index contributed by atoms with van der Waals surface area (Å²) in [6.07, 6.45) is 0.404. The number of rotatable bonds is 14. The fraction of sp³-hybridized carbons (Fsp3) is 0.677. The van der Waals surface area contributed by atoms with Crippen molar-refractivity contribution in [1.29, 1.82) is 0 Å². The summed E-state index contributed by atoms with van der Waals surface area (Å²) in [5.41, 5.74) is 4.59. The Bertz CT molecular complexity index is 1060. The van der Waals surface area contributed by atoms with Crippen molar-refractivity contribution in [3.8, 4) is 11.5 Å². The van der Waals surface area contributed by atoms with Gasteiger partial charge in [0.05, 0.1) is 16.2 Å². The highest BCUT2D eigenvalue weighted by molar-refractivity contribution is 5.82. The van der Waals surface area contributed by atoms with E-state index in [9.17, 15) is 19.2 Å². The minimum atomic E-state index is -1.04. The monoisotopic (exact) mass is 563 g/mol. The number of carbonyl (C=O) groups is 4.